The van der Waals surface area contributed by atoms with E-state index in [1.807, 2.05) is 64.8 Å². The molecule has 1 fully saturated rings. The van der Waals surface area contributed by atoms with Gasteiger partial charge in [-0.1, -0.05) is 6.07 Å². The van der Waals surface area contributed by atoms with Crippen molar-refractivity contribution in [3.63, 3.8) is 0 Å². The van der Waals surface area contributed by atoms with Gasteiger partial charge in [0.25, 0.3) is 5.91 Å². The number of carbonyl (C=O) groups excluding carboxylic acids is 2. The van der Waals surface area contributed by atoms with Crippen molar-refractivity contribution in [3.8, 4) is 22.5 Å². The highest BCUT2D eigenvalue weighted by Gasteiger charge is 2.33. The Kier molecular flexibility index (Phi) is 6.65. The summed E-state index contributed by atoms with van der Waals surface area (Å²) in [6, 6.07) is 9.52. The molecule has 0 N–H and O–H groups in total. The zero-order valence-corrected chi connectivity index (χ0v) is 23.6. The molecule has 4 aromatic rings. The normalized spacial score (nSPS) is 15.7. The summed E-state index contributed by atoms with van der Waals surface area (Å²) in [5.74, 6) is -0.153. The van der Waals surface area contributed by atoms with Gasteiger partial charge in [0.15, 0.2) is 0 Å². The first-order valence-corrected chi connectivity index (χ1v) is 13.1. The van der Waals surface area contributed by atoms with E-state index in [-0.39, 0.29) is 18.0 Å². The van der Waals surface area contributed by atoms with Crippen molar-refractivity contribution in [2.75, 3.05) is 20.1 Å². The third-order valence-electron chi connectivity index (χ3n) is 7.10. The van der Waals surface area contributed by atoms with Gasteiger partial charge in [-0.3, -0.25) is 9.48 Å². The smallest absolute Gasteiger partial charge is 0.410 e. The van der Waals surface area contributed by atoms with Crippen LogP contribution in [-0.2, 0) is 18.8 Å². The van der Waals surface area contributed by atoms with Crippen LogP contribution in [0, 0.1) is 6.92 Å². The third kappa shape index (κ3) is 5.23. The van der Waals surface area contributed by atoms with Crippen LogP contribution in [0.4, 0.5) is 4.79 Å². The number of aromatic nitrogens is 5. The maximum Gasteiger partial charge on any atom is 0.410 e. The van der Waals surface area contributed by atoms with Gasteiger partial charge in [0.1, 0.15) is 16.9 Å². The highest BCUT2D eigenvalue weighted by atomic mass is 16.6. The molecule has 1 aliphatic heterocycles. The van der Waals surface area contributed by atoms with E-state index >= 15 is 0 Å². The van der Waals surface area contributed by atoms with Crippen molar-refractivity contribution >= 4 is 23.0 Å². The monoisotopic (exact) mass is 529 g/mol. The summed E-state index contributed by atoms with van der Waals surface area (Å²) >= 11 is 0. The molecule has 0 spiro atoms. The quantitative estimate of drug-likeness (QED) is 0.388. The zero-order chi connectivity index (χ0) is 28.1. The average Bonchev–Trinajstić information content (AvgIpc) is 3.59. The minimum absolute atomic E-state index is 0.102. The van der Waals surface area contributed by atoms with Crippen LogP contribution in [0.1, 0.15) is 43.4 Å². The van der Waals surface area contributed by atoms with E-state index in [4.69, 9.17) is 14.7 Å². The maximum atomic E-state index is 13.4. The van der Waals surface area contributed by atoms with E-state index in [0.29, 0.717) is 30.9 Å². The maximum absolute atomic E-state index is 13.4. The van der Waals surface area contributed by atoms with Crippen LogP contribution < -0.4 is 0 Å². The summed E-state index contributed by atoms with van der Waals surface area (Å²) in [6.07, 6.45) is 4.11. The van der Waals surface area contributed by atoms with Gasteiger partial charge in [-0.2, -0.15) is 5.10 Å². The van der Waals surface area contributed by atoms with Crippen molar-refractivity contribution in [3.05, 3.63) is 54.1 Å². The number of hydrogen-bond acceptors (Lipinski definition) is 6. The molecule has 39 heavy (non-hydrogen) atoms. The van der Waals surface area contributed by atoms with Crippen LogP contribution in [0.5, 0.6) is 0 Å². The van der Waals surface area contributed by atoms with Gasteiger partial charge in [0.05, 0.1) is 23.1 Å². The Morgan fingerprint density at radius 2 is 1.92 bits per heavy atom. The molecule has 1 aliphatic rings. The predicted octanol–water partition coefficient (Wildman–Crippen LogP) is 4.43. The summed E-state index contributed by atoms with van der Waals surface area (Å²) in [5, 5.41) is 5.46. The van der Waals surface area contributed by atoms with Crippen molar-refractivity contribution in [1.29, 1.82) is 0 Å². The third-order valence-corrected chi connectivity index (χ3v) is 7.10. The SMILES string of the molecule is Cc1nn(C)cc1-c1cc2cc(-c3cccc(C(=O)N4CCC(N(C)C(=O)OC(C)(C)C)C4)n3)cnc2n1C. The Labute approximate surface area is 228 Å². The minimum atomic E-state index is -0.569. The molecule has 0 aromatic carbocycles. The Balaban J connectivity index is 1.35. The molecule has 1 saturated heterocycles. The molecule has 1 unspecified atom stereocenters. The van der Waals surface area contributed by atoms with Gasteiger partial charge in [0.2, 0.25) is 0 Å². The number of carbonyl (C=O) groups is 2. The van der Waals surface area contributed by atoms with Crippen LogP contribution in [0.3, 0.4) is 0 Å². The van der Waals surface area contributed by atoms with Crippen molar-refractivity contribution in [2.45, 2.75) is 45.8 Å². The summed E-state index contributed by atoms with van der Waals surface area (Å²) in [5.41, 5.74) is 5.23. The van der Waals surface area contributed by atoms with Crippen molar-refractivity contribution in [2.24, 2.45) is 14.1 Å². The average molecular weight is 530 g/mol. The first-order chi connectivity index (χ1) is 18.4. The number of nitrogens with zero attached hydrogens (tertiary/aromatic N) is 7. The lowest BCUT2D eigenvalue weighted by atomic mass is 10.1. The van der Waals surface area contributed by atoms with E-state index < -0.39 is 5.60 Å². The zero-order valence-electron chi connectivity index (χ0n) is 23.6. The van der Waals surface area contributed by atoms with Gasteiger partial charge >= 0.3 is 6.09 Å². The van der Waals surface area contributed by atoms with Gasteiger partial charge in [-0.05, 0) is 58.4 Å². The molecule has 204 valence electrons. The molecule has 1 atom stereocenters. The van der Waals surface area contributed by atoms with E-state index in [0.717, 1.165) is 33.5 Å². The fourth-order valence-electron chi connectivity index (χ4n) is 5.07. The summed E-state index contributed by atoms with van der Waals surface area (Å²) in [6.45, 7) is 8.51. The molecular formula is C29H35N7O3. The molecule has 10 nitrogen and oxygen atoms in total. The number of likely N-dealkylation sites (N-methyl/N-ethyl adjacent to an activating group) is 1. The number of aryl methyl sites for hydroxylation is 3. The number of fused-ring (bicyclic) bond motifs is 1. The Hall–Kier alpha value is -4.21. The van der Waals surface area contributed by atoms with E-state index in [9.17, 15) is 9.59 Å². The number of likely N-dealkylation sites (tertiary alicyclic amines) is 1. The molecule has 5 heterocycles. The van der Waals surface area contributed by atoms with Crippen molar-refractivity contribution in [1.82, 2.24) is 34.1 Å². The number of hydrogen-bond donors (Lipinski definition) is 0. The van der Waals surface area contributed by atoms with Crippen LogP contribution >= 0.6 is 0 Å². The van der Waals surface area contributed by atoms with Gasteiger partial charge in [-0.25, -0.2) is 14.8 Å². The molecule has 0 radical (unpaired) electrons. The Bertz CT molecular complexity index is 1560. The largest absolute Gasteiger partial charge is 0.444 e. The van der Waals surface area contributed by atoms with E-state index in [1.54, 1.807) is 29.1 Å². The summed E-state index contributed by atoms with van der Waals surface area (Å²) in [7, 11) is 5.63. The summed E-state index contributed by atoms with van der Waals surface area (Å²) < 4.78 is 9.36. The molecule has 2 amide bonds. The van der Waals surface area contributed by atoms with Gasteiger partial charge in [-0.15, -0.1) is 0 Å². The Morgan fingerprint density at radius 3 is 2.62 bits per heavy atom. The molecule has 0 saturated carbocycles. The van der Waals surface area contributed by atoms with E-state index in [1.165, 1.54) is 0 Å². The fraction of sp³-hybridized carbons (Fsp3) is 0.414. The van der Waals surface area contributed by atoms with Gasteiger partial charge in [0, 0.05) is 63.1 Å². The van der Waals surface area contributed by atoms with Crippen molar-refractivity contribution < 1.29 is 14.3 Å². The second kappa shape index (κ2) is 9.83. The highest BCUT2D eigenvalue weighted by Crippen LogP contribution is 2.30. The van der Waals surface area contributed by atoms with Crippen LogP contribution in [-0.4, -0.2) is 77.9 Å². The second-order valence-corrected chi connectivity index (χ2v) is 11.2. The first-order valence-electron chi connectivity index (χ1n) is 13.1. The number of amides is 2. The number of rotatable bonds is 4. The minimum Gasteiger partial charge on any atom is -0.444 e. The van der Waals surface area contributed by atoms with E-state index in [2.05, 4.69) is 21.8 Å². The number of pyridine rings is 2. The first kappa shape index (κ1) is 26.4. The fourth-order valence-corrected chi connectivity index (χ4v) is 5.07. The molecule has 10 heteroatoms. The highest BCUT2D eigenvalue weighted by molar-refractivity contribution is 5.93. The lowest BCUT2D eigenvalue weighted by molar-refractivity contribution is 0.0226. The van der Waals surface area contributed by atoms with Crippen LogP contribution in [0.15, 0.2) is 42.7 Å². The molecule has 4 aromatic heterocycles. The lowest BCUT2D eigenvalue weighted by Gasteiger charge is -2.28. The number of ether oxygens (including phenoxy) is 1. The second-order valence-electron chi connectivity index (χ2n) is 11.2. The molecule has 0 bridgehead atoms. The molecular weight excluding hydrogens is 494 g/mol. The Morgan fingerprint density at radius 1 is 1.15 bits per heavy atom. The molecule has 5 rings (SSSR count). The molecule has 0 aliphatic carbocycles. The van der Waals surface area contributed by atoms with Crippen LogP contribution in [0.2, 0.25) is 0 Å². The summed E-state index contributed by atoms with van der Waals surface area (Å²) in [4.78, 5) is 38.6. The topological polar surface area (TPSA) is 98.4 Å². The van der Waals surface area contributed by atoms with Crippen LogP contribution in [0.25, 0.3) is 33.5 Å². The van der Waals surface area contributed by atoms with Gasteiger partial charge < -0.3 is 19.1 Å². The standard InChI is InChI=1S/C29H35N7O3/c1-18-22(17-33(5)32-18)25-14-19-13-20(15-30-26(19)35(25)7)23-9-8-10-24(31-23)27(37)36-12-11-21(16-36)34(6)28(38)39-29(2,3)4/h8-10,13-15,17,21H,11-12,16H2,1-7H3. The predicted molar refractivity (Wildman–Crippen MR) is 149 cm³/mol. The lowest BCUT2D eigenvalue weighted by Crippen LogP contribution is -2.42.